The van der Waals surface area contributed by atoms with Crippen molar-refractivity contribution in [3.8, 4) is 0 Å². The summed E-state index contributed by atoms with van der Waals surface area (Å²) in [7, 11) is 1.56. The zero-order valence-corrected chi connectivity index (χ0v) is 45.7. The Labute approximate surface area is 420 Å². The smallest absolute Gasteiger partial charge is 0.387 e. The molecule has 3 N–H and O–H groups in total. The Morgan fingerprint density at radius 3 is 1.29 bits per heavy atom. The maximum Gasteiger partial charge on any atom is 0.472 e. The molecule has 394 valence electrons. The summed E-state index contributed by atoms with van der Waals surface area (Å²) in [5, 5.41) is 13.9. The first-order chi connectivity index (χ1) is 33.0. The van der Waals surface area contributed by atoms with Crippen molar-refractivity contribution < 1.29 is 32.9 Å². The van der Waals surface area contributed by atoms with Crippen LogP contribution in [0.2, 0.25) is 0 Å². The van der Waals surface area contributed by atoms with Crippen molar-refractivity contribution in [2.24, 2.45) is 0 Å². The zero-order chi connectivity index (χ0) is 49.9. The highest BCUT2D eigenvalue weighted by Gasteiger charge is 2.27. The molecular formula is C59H108N2O6P+. The summed E-state index contributed by atoms with van der Waals surface area (Å²) >= 11 is 0. The number of rotatable bonds is 50. The van der Waals surface area contributed by atoms with Gasteiger partial charge in [-0.15, -0.1) is 0 Å². The van der Waals surface area contributed by atoms with E-state index in [0.717, 1.165) is 77.0 Å². The van der Waals surface area contributed by atoms with Crippen molar-refractivity contribution >= 4 is 13.7 Å². The third-order valence-corrected chi connectivity index (χ3v) is 13.1. The van der Waals surface area contributed by atoms with Gasteiger partial charge in [-0.3, -0.25) is 13.8 Å². The van der Waals surface area contributed by atoms with Crippen molar-refractivity contribution in [3.63, 3.8) is 0 Å². The van der Waals surface area contributed by atoms with Crippen LogP contribution >= 0.6 is 7.82 Å². The largest absolute Gasteiger partial charge is 0.472 e. The molecule has 8 nitrogen and oxygen atoms in total. The molecule has 0 radical (unpaired) electrons. The maximum atomic E-state index is 13.0. The molecule has 0 saturated carbocycles. The number of phosphoric acid groups is 1. The predicted molar refractivity (Wildman–Crippen MR) is 295 cm³/mol. The summed E-state index contributed by atoms with van der Waals surface area (Å²) in [5.74, 6) is -0.182. The van der Waals surface area contributed by atoms with Crippen molar-refractivity contribution in [2.45, 2.75) is 244 Å². The summed E-state index contributed by atoms with van der Waals surface area (Å²) in [6.07, 6.45) is 69.6. The molecule has 3 atom stereocenters. The first-order valence-electron chi connectivity index (χ1n) is 28.0. The number of aliphatic hydroxyl groups is 1. The highest BCUT2D eigenvalue weighted by molar-refractivity contribution is 7.47. The van der Waals surface area contributed by atoms with Crippen LogP contribution in [0.1, 0.15) is 232 Å². The van der Waals surface area contributed by atoms with Crippen LogP contribution in [0.3, 0.4) is 0 Å². The molecule has 1 amide bonds. The van der Waals surface area contributed by atoms with Crippen molar-refractivity contribution in [3.05, 3.63) is 85.1 Å². The van der Waals surface area contributed by atoms with Crippen molar-refractivity contribution in [2.75, 3.05) is 40.9 Å². The molecule has 0 bridgehead atoms. The average Bonchev–Trinajstić information content (AvgIpc) is 3.30. The van der Waals surface area contributed by atoms with Gasteiger partial charge in [0.1, 0.15) is 13.2 Å². The van der Waals surface area contributed by atoms with Gasteiger partial charge in [0.2, 0.25) is 5.91 Å². The van der Waals surface area contributed by atoms with Gasteiger partial charge in [0.25, 0.3) is 0 Å². The number of nitrogens with zero attached hydrogens (tertiary/aromatic N) is 1. The van der Waals surface area contributed by atoms with E-state index < -0.39 is 20.0 Å². The van der Waals surface area contributed by atoms with Crippen molar-refractivity contribution in [1.29, 1.82) is 0 Å². The summed E-state index contributed by atoms with van der Waals surface area (Å²) in [4.78, 5) is 23.3. The second-order valence-corrected chi connectivity index (χ2v) is 21.4. The molecule has 9 heteroatoms. The van der Waals surface area contributed by atoms with Gasteiger partial charge in [-0.1, -0.05) is 240 Å². The number of hydrogen-bond donors (Lipinski definition) is 3. The standard InChI is InChI=1S/C59H107N2O6P/c1-6-8-10-12-14-16-18-20-22-23-24-25-26-27-28-29-30-31-32-33-34-35-36-37-39-41-43-45-47-49-51-53-59(63)60-57(56-67-68(64,65)66-55-54-61(3,4)5)58(62)52-50-48-46-44-42-40-38-21-19-17-15-13-11-9-7-2/h8,10,14,16,20,22,24-25,27-28,30-31,50,52,57-58,62H,6-7,9,11-13,15,17-19,21,23,26,29,32-49,51,53-56H2,1-5H3,(H-,60,63,64,65)/p+1/b10-8-,16-14-,22-20-,25-24-,28-27-,31-30-,52-50+. The zero-order valence-electron chi connectivity index (χ0n) is 44.8. The van der Waals surface area contributed by atoms with Gasteiger partial charge >= 0.3 is 7.82 Å². The molecule has 0 aromatic carbocycles. The van der Waals surface area contributed by atoms with Crippen LogP contribution < -0.4 is 5.32 Å². The van der Waals surface area contributed by atoms with Crippen LogP contribution in [-0.4, -0.2) is 73.4 Å². The normalized spacial score (nSPS) is 14.6. The van der Waals surface area contributed by atoms with Crippen LogP contribution in [0.5, 0.6) is 0 Å². The fraction of sp³-hybridized carbons (Fsp3) is 0.746. The quantitative estimate of drug-likeness (QED) is 0.0243. The third kappa shape index (κ3) is 51.5. The number of amides is 1. The Kier molecular flexibility index (Phi) is 48.0. The molecule has 3 unspecified atom stereocenters. The van der Waals surface area contributed by atoms with E-state index in [2.05, 4.69) is 92.1 Å². The molecule has 0 aliphatic heterocycles. The van der Waals surface area contributed by atoms with Crippen LogP contribution in [-0.2, 0) is 18.4 Å². The number of allylic oxidation sites excluding steroid dienone is 13. The highest BCUT2D eigenvalue weighted by Crippen LogP contribution is 2.43. The number of hydrogen-bond acceptors (Lipinski definition) is 5. The Hall–Kier alpha value is -2.32. The van der Waals surface area contributed by atoms with Gasteiger partial charge in [-0.05, 0) is 70.6 Å². The van der Waals surface area contributed by atoms with Gasteiger partial charge in [0.15, 0.2) is 0 Å². The molecular weight excluding hydrogens is 864 g/mol. The Bertz CT molecular complexity index is 1380. The maximum absolute atomic E-state index is 13.0. The Balaban J connectivity index is 4.17. The lowest BCUT2D eigenvalue weighted by atomic mass is 10.0. The number of phosphoric ester groups is 1. The minimum absolute atomic E-state index is 0.0583. The van der Waals surface area contributed by atoms with E-state index >= 15 is 0 Å². The lowest BCUT2D eigenvalue weighted by Crippen LogP contribution is -2.45. The van der Waals surface area contributed by atoms with Gasteiger partial charge in [-0.2, -0.15) is 0 Å². The SMILES string of the molecule is CC/C=C\C/C=C\C/C=C\C/C=C\C/C=C\C/C=C\CCCCCCCCCCCCCCC(=O)NC(COP(=O)(O)OCC[N+](C)(C)C)C(O)/C=C/CCCCCCCCCCCCCCC. The fourth-order valence-corrected chi connectivity index (χ4v) is 8.49. The summed E-state index contributed by atoms with van der Waals surface area (Å²) in [5.41, 5.74) is 0. The molecule has 68 heavy (non-hydrogen) atoms. The number of carbonyl (C=O) groups is 1. The molecule has 0 rings (SSSR count). The number of nitrogens with one attached hydrogen (secondary N) is 1. The summed E-state index contributed by atoms with van der Waals surface area (Å²) in [6.45, 7) is 4.70. The number of carbonyl (C=O) groups excluding carboxylic acids is 1. The first kappa shape index (κ1) is 65.7. The summed E-state index contributed by atoms with van der Waals surface area (Å²) in [6, 6.07) is -0.851. The van der Waals surface area contributed by atoms with E-state index in [4.69, 9.17) is 9.05 Å². The molecule has 0 saturated heterocycles. The Morgan fingerprint density at radius 2 is 0.882 bits per heavy atom. The van der Waals surface area contributed by atoms with Gasteiger partial charge in [0, 0.05) is 6.42 Å². The molecule has 0 aliphatic carbocycles. The molecule has 0 heterocycles. The Morgan fingerprint density at radius 1 is 0.515 bits per heavy atom. The van der Waals surface area contributed by atoms with Crippen LogP contribution in [0.15, 0.2) is 85.1 Å². The van der Waals surface area contributed by atoms with Crippen LogP contribution in [0.25, 0.3) is 0 Å². The monoisotopic (exact) mass is 972 g/mol. The molecule has 0 aromatic heterocycles. The molecule has 0 spiro atoms. The van der Waals surface area contributed by atoms with Gasteiger partial charge < -0.3 is 19.8 Å². The van der Waals surface area contributed by atoms with Crippen LogP contribution in [0, 0.1) is 0 Å². The number of likely N-dealkylation sites (N-methyl/N-ethyl adjacent to an activating group) is 1. The number of aliphatic hydroxyl groups excluding tert-OH is 1. The van der Waals surface area contributed by atoms with E-state index in [1.165, 1.54) is 135 Å². The predicted octanol–water partition coefficient (Wildman–Crippen LogP) is 16.9. The second-order valence-electron chi connectivity index (χ2n) is 19.9. The van der Waals surface area contributed by atoms with Crippen LogP contribution in [0.4, 0.5) is 0 Å². The second kappa shape index (κ2) is 49.7. The summed E-state index contributed by atoms with van der Waals surface area (Å²) < 4.78 is 23.7. The fourth-order valence-electron chi connectivity index (χ4n) is 7.75. The average molecular weight is 972 g/mol. The lowest BCUT2D eigenvalue weighted by molar-refractivity contribution is -0.870. The molecule has 0 aliphatic rings. The van der Waals surface area contributed by atoms with Crippen molar-refractivity contribution in [1.82, 2.24) is 5.32 Å². The topological polar surface area (TPSA) is 105 Å². The first-order valence-corrected chi connectivity index (χ1v) is 29.5. The lowest BCUT2D eigenvalue weighted by Gasteiger charge is -2.25. The van der Waals surface area contributed by atoms with E-state index in [1.54, 1.807) is 6.08 Å². The van der Waals surface area contributed by atoms with E-state index in [-0.39, 0.29) is 19.1 Å². The van der Waals surface area contributed by atoms with E-state index in [9.17, 15) is 19.4 Å². The van der Waals surface area contributed by atoms with Gasteiger partial charge in [-0.25, -0.2) is 4.57 Å². The third-order valence-electron chi connectivity index (χ3n) is 12.1. The number of unbranched alkanes of at least 4 members (excludes halogenated alkanes) is 25. The minimum Gasteiger partial charge on any atom is -0.387 e. The molecule has 0 fully saturated rings. The molecule has 0 aromatic rings. The van der Waals surface area contributed by atoms with Gasteiger partial charge in [0.05, 0.1) is 39.9 Å². The van der Waals surface area contributed by atoms with E-state index in [0.29, 0.717) is 17.4 Å². The van der Waals surface area contributed by atoms with E-state index in [1.807, 2.05) is 27.2 Å². The number of quaternary nitrogens is 1. The minimum atomic E-state index is -4.35. The highest BCUT2D eigenvalue weighted by atomic mass is 31.2.